The van der Waals surface area contributed by atoms with Crippen LogP contribution in [0.15, 0.2) is 0 Å². The molecule has 1 saturated carbocycles. The zero-order valence-corrected chi connectivity index (χ0v) is 11.8. The summed E-state index contributed by atoms with van der Waals surface area (Å²) in [7, 11) is 2.29. The van der Waals surface area contributed by atoms with E-state index in [1.165, 1.54) is 32.2 Å². The van der Waals surface area contributed by atoms with Crippen molar-refractivity contribution < 1.29 is 0 Å². The molecule has 0 bridgehead atoms. The largest absolute Gasteiger partial charge is 0.312 e. The summed E-state index contributed by atoms with van der Waals surface area (Å²) in [5, 5.41) is 3.74. The minimum Gasteiger partial charge on any atom is -0.312 e. The van der Waals surface area contributed by atoms with Gasteiger partial charge in [-0.3, -0.25) is 4.90 Å². The number of hydrogen-bond acceptors (Lipinski definition) is 2. The molecule has 1 aliphatic rings. The van der Waals surface area contributed by atoms with Crippen molar-refractivity contribution >= 4 is 0 Å². The van der Waals surface area contributed by atoms with Crippen LogP contribution in [0.4, 0.5) is 0 Å². The molecule has 1 N–H and O–H groups in total. The summed E-state index contributed by atoms with van der Waals surface area (Å²) < 4.78 is 0. The highest BCUT2D eigenvalue weighted by Crippen LogP contribution is 2.28. The Labute approximate surface area is 102 Å². The first kappa shape index (κ1) is 14.0. The Bertz CT molecular complexity index is 189. The molecule has 0 saturated heterocycles. The molecule has 0 spiro atoms. The molecule has 3 atom stereocenters. The van der Waals surface area contributed by atoms with Gasteiger partial charge in [0.05, 0.1) is 0 Å². The van der Waals surface area contributed by atoms with Gasteiger partial charge in [0.25, 0.3) is 0 Å². The van der Waals surface area contributed by atoms with Crippen LogP contribution in [0.25, 0.3) is 0 Å². The normalized spacial score (nSPS) is 31.3. The minimum atomic E-state index is 0.654. The zero-order chi connectivity index (χ0) is 12.1. The molecular formula is C14H30N2. The van der Waals surface area contributed by atoms with Crippen molar-refractivity contribution in [3.8, 4) is 0 Å². The maximum Gasteiger partial charge on any atom is 0.0251 e. The first-order valence-electron chi connectivity index (χ1n) is 7.01. The highest BCUT2D eigenvalue weighted by atomic mass is 15.2. The van der Waals surface area contributed by atoms with Crippen molar-refractivity contribution in [2.45, 2.75) is 71.5 Å². The van der Waals surface area contributed by atoms with Crippen molar-refractivity contribution in [2.75, 3.05) is 13.6 Å². The lowest BCUT2D eigenvalue weighted by molar-refractivity contribution is 0.0998. The Balaban J connectivity index is 2.57. The molecule has 0 radical (unpaired) electrons. The second kappa shape index (κ2) is 6.61. The van der Waals surface area contributed by atoms with E-state index >= 15 is 0 Å². The van der Waals surface area contributed by atoms with Gasteiger partial charge >= 0.3 is 0 Å². The highest BCUT2D eigenvalue weighted by molar-refractivity contribution is 4.90. The van der Waals surface area contributed by atoms with Gasteiger partial charge in [-0.2, -0.15) is 0 Å². The summed E-state index contributed by atoms with van der Waals surface area (Å²) in [5.41, 5.74) is 0. The predicted molar refractivity (Wildman–Crippen MR) is 71.8 cm³/mol. The maximum atomic E-state index is 3.74. The fourth-order valence-electron chi connectivity index (χ4n) is 2.75. The summed E-state index contributed by atoms with van der Waals surface area (Å²) in [6, 6.07) is 2.10. The van der Waals surface area contributed by atoms with E-state index in [0.29, 0.717) is 12.1 Å². The number of nitrogens with zero attached hydrogens (tertiary/aromatic N) is 1. The molecule has 0 aromatic carbocycles. The molecule has 0 aliphatic heterocycles. The average molecular weight is 226 g/mol. The lowest BCUT2D eigenvalue weighted by atomic mass is 9.82. The third-order valence-corrected chi connectivity index (χ3v) is 4.07. The van der Waals surface area contributed by atoms with Gasteiger partial charge in [-0.15, -0.1) is 0 Å². The van der Waals surface area contributed by atoms with Gasteiger partial charge in [0, 0.05) is 18.1 Å². The van der Waals surface area contributed by atoms with Gasteiger partial charge in [-0.1, -0.05) is 13.8 Å². The quantitative estimate of drug-likeness (QED) is 0.775. The van der Waals surface area contributed by atoms with E-state index in [-0.39, 0.29) is 0 Å². The van der Waals surface area contributed by atoms with Crippen molar-refractivity contribution in [3.63, 3.8) is 0 Å². The Kier molecular flexibility index (Phi) is 5.77. The molecule has 16 heavy (non-hydrogen) atoms. The van der Waals surface area contributed by atoms with Gasteiger partial charge < -0.3 is 5.32 Å². The Hall–Kier alpha value is -0.0800. The van der Waals surface area contributed by atoms with Crippen LogP contribution in [0.5, 0.6) is 0 Å². The highest BCUT2D eigenvalue weighted by Gasteiger charge is 2.31. The van der Waals surface area contributed by atoms with Crippen LogP contribution in [-0.4, -0.2) is 36.6 Å². The van der Waals surface area contributed by atoms with Gasteiger partial charge in [0.15, 0.2) is 0 Å². The fourth-order valence-corrected chi connectivity index (χ4v) is 2.75. The van der Waals surface area contributed by atoms with Crippen molar-refractivity contribution in [1.82, 2.24) is 10.2 Å². The van der Waals surface area contributed by atoms with Crippen LogP contribution in [-0.2, 0) is 0 Å². The Morgan fingerprint density at radius 3 is 2.56 bits per heavy atom. The molecule has 0 aromatic rings. The number of hydrogen-bond donors (Lipinski definition) is 1. The lowest BCUT2D eigenvalue weighted by Gasteiger charge is -2.42. The first-order chi connectivity index (χ1) is 7.56. The van der Waals surface area contributed by atoms with Gasteiger partial charge in [0.1, 0.15) is 0 Å². The first-order valence-corrected chi connectivity index (χ1v) is 7.01. The predicted octanol–water partition coefficient (Wildman–Crippen LogP) is 2.88. The lowest BCUT2D eigenvalue weighted by Crippen LogP contribution is -2.53. The average Bonchev–Trinajstić information content (AvgIpc) is 2.26. The summed E-state index contributed by atoms with van der Waals surface area (Å²) in [4.78, 5) is 2.56. The zero-order valence-electron chi connectivity index (χ0n) is 11.8. The van der Waals surface area contributed by atoms with E-state index < -0.39 is 0 Å². The molecule has 2 nitrogen and oxygen atoms in total. The molecule has 2 heteroatoms. The summed E-state index contributed by atoms with van der Waals surface area (Å²) in [6.07, 6.45) is 5.34. The third-order valence-electron chi connectivity index (χ3n) is 4.07. The second-order valence-electron chi connectivity index (χ2n) is 5.81. The van der Waals surface area contributed by atoms with Crippen LogP contribution in [0.1, 0.15) is 53.4 Å². The van der Waals surface area contributed by atoms with E-state index in [1.54, 1.807) is 0 Å². The van der Waals surface area contributed by atoms with Gasteiger partial charge in [-0.05, 0) is 59.0 Å². The summed E-state index contributed by atoms with van der Waals surface area (Å²) in [6.45, 7) is 10.4. The van der Waals surface area contributed by atoms with Crippen molar-refractivity contribution in [3.05, 3.63) is 0 Å². The van der Waals surface area contributed by atoms with Crippen molar-refractivity contribution in [1.29, 1.82) is 0 Å². The van der Waals surface area contributed by atoms with Crippen LogP contribution >= 0.6 is 0 Å². The van der Waals surface area contributed by atoms with Crippen LogP contribution in [0, 0.1) is 5.92 Å². The summed E-state index contributed by atoms with van der Waals surface area (Å²) >= 11 is 0. The van der Waals surface area contributed by atoms with Gasteiger partial charge in [-0.25, -0.2) is 0 Å². The minimum absolute atomic E-state index is 0.654. The number of likely N-dealkylation sites (N-methyl/N-ethyl adjacent to an activating group) is 1. The molecule has 3 unspecified atom stereocenters. The molecule has 1 aliphatic carbocycles. The SMILES string of the molecule is CCCNC1CCC(C)CC1N(C)C(C)C. The standard InChI is InChI=1S/C14H30N2/c1-6-9-15-13-8-7-12(4)10-14(13)16(5)11(2)3/h11-15H,6-10H2,1-5H3. The van der Waals surface area contributed by atoms with Crippen LogP contribution < -0.4 is 5.32 Å². The molecular weight excluding hydrogens is 196 g/mol. The van der Waals surface area contributed by atoms with E-state index in [1.807, 2.05) is 0 Å². The van der Waals surface area contributed by atoms with E-state index in [4.69, 9.17) is 0 Å². The molecule has 0 amide bonds. The van der Waals surface area contributed by atoms with E-state index in [0.717, 1.165) is 12.0 Å². The van der Waals surface area contributed by atoms with Crippen molar-refractivity contribution in [2.24, 2.45) is 5.92 Å². The summed E-state index contributed by atoms with van der Waals surface area (Å²) in [5.74, 6) is 0.894. The smallest absolute Gasteiger partial charge is 0.0251 e. The molecule has 96 valence electrons. The number of rotatable bonds is 5. The Morgan fingerprint density at radius 1 is 1.31 bits per heavy atom. The second-order valence-corrected chi connectivity index (χ2v) is 5.81. The Morgan fingerprint density at radius 2 is 2.00 bits per heavy atom. The van der Waals surface area contributed by atoms with Crippen LogP contribution in [0.2, 0.25) is 0 Å². The topological polar surface area (TPSA) is 15.3 Å². The van der Waals surface area contributed by atoms with E-state index in [9.17, 15) is 0 Å². The molecule has 0 heterocycles. The monoisotopic (exact) mass is 226 g/mol. The molecule has 1 rings (SSSR count). The maximum absolute atomic E-state index is 3.74. The van der Waals surface area contributed by atoms with Crippen LogP contribution in [0.3, 0.4) is 0 Å². The third kappa shape index (κ3) is 3.74. The van der Waals surface area contributed by atoms with Gasteiger partial charge in [0.2, 0.25) is 0 Å². The molecule has 0 aromatic heterocycles. The number of nitrogens with one attached hydrogen (secondary N) is 1. The van der Waals surface area contributed by atoms with E-state index in [2.05, 4.69) is 45.0 Å². The fraction of sp³-hybridized carbons (Fsp3) is 1.00. The molecule has 1 fully saturated rings.